The first-order chi connectivity index (χ1) is 14.7. The Morgan fingerprint density at radius 3 is 2.48 bits per heavy atom. The molecule has 2 heterocycles. The Bertz CT molecular complexity index is 1090. The third-order valence-electron chi connectivity index (χ3n) is 5.02. The molecule has 1 N–H and O–H groups in total. The van der Waals surface area contributed by atoms with Gasteiger partial charge in [-0.2, -0.15) is 4.31 Å². The van der Waals surface area contributed by atoms with Gasteiger partial charge in [-0.05, 0) is 42.9 Å². The predicted molar refractivity (Wildman–Crippen MR) is 125 cm³/mol. The Morgan fingerprint density at radius 2 is 1.97 bits per heavy atom. The van der Waals surface area contributed by atoms with Crippen LogP contribution in [-0.2, 0) is 29.0 Å². The van der Waals surface area contributed by atoms with Crippen LogP contribution in [0.15, 0.2) is 36.7 Å². The first-order valence-corrected chi connectivity index (χ1v) is 11.8. The van der Waals surface area contributed by atoms with Crippen molar-refractivity contribution in [3.8, 4) is 11.1 Å². The monoisotopic (exact) mass is 461 g/mol. The number of benzene rings is 1. The van der Waals surface area contributed by atoms with E-state index < -0.39 is 17.4 Å². The number of thiophene rings is 1. The van der Waals surface area contributed by atoms with Crippen molar-refractivity contribution in [1.29, 1.82) is 0 Å². The zero-order valence-corrected chi connectivity index (χ0v) is 19.9. The van der Waals surface area contributed by atoms with Gasteiger partial charge in [0.2, 0.25) is 0 Å². The van der Waals surface area contributed by atoms with Crippen LogP contribution in [0, 0.1) is 19.8 Å². The molecule has 1 amide bonds. The topological polar surface area (TPSA) is 84.7 Å². The second-order valence-electron chi connectivity index (χ2n) is 7.72. The van der Waals surface area contributed by atoms with E-state index in [-0.39, 0.29) is 0 Å². The normalized spacial score (nSPS) is 12.2. The highest BCUT2D eigenvalue weighted by Gasteiger charge is 2.30. The van der Waals surface area contributed by atoms with Crippen molar-refractivity contribution in [2.24, 2.45) is 5.92 Å². The second-order valence-corrected chi connectivity index (χ2v) is 9.63. The van der Waals surface area contributed by atoms with Crippen LogP contribution < -0.4 is 4.31 Å². The molecule has 0 spiro atoms. The molecule has 0 fully saturated rings. The number of ether oxygens (including phenoxy) is 1. The van der Waals surface area contributed by atoms with Crippen molar-refractivity contribution in [3.05, 3.63) is 58.5 Å². The number of carbonyl (C=O) groups excluding carboxylic acids is 1. The molecule has 3 rings (SSSR count). The first-order valence-electron chi connectivity index (χ1n) is 9.91. The highest BCUT2D eigenvalue weighted by Crippen LogP contribution is 2.44. The van der Waals surface area contributed by atoms with E-state index in [1.807, 2.05) is 44.3 Å². The summed E-state index contributed by atoms with van der Waals surface area (Å²) in [6, 6.07) is 8.01. The molecule has 166 valence electrons. The molecule has 0 aliphatic carbocycles. The van der Waals surface area contributed by atoms with Crippen LogP contribution in [0.5, 0.6) is 0 Å². The van der Waals surface area contributed by atoms with Gasteiger partial charge in [0.1, 0.15) is 10.8 Å². The van der Waals surface area contributed by atoms with Crippen molar-refractivity contribution < 1.29 is 18.3 Å². The number of hydrogen-bond donors (Lipinski definition) is 1. The maximum atomic E-state index is 12.3. The second kappa shape index (κ2) is 9.76. The third-order valence-corrected chi connectivity index (χ3v) is 7.08. The molecule has 0 saturated carbocycles. The largest absolute Gasteiger partial charge is 0.452 e. The summed E-state index contributed by atoms with van der Waals surface area (Å²) in [4.78, 5) is 17.6. The Kier molecular flexibility index (Phi) is 7.30. The SMILES string of the molecule is COC(=O)N(c1sc(CC(C)C)c(C)c1-c1ccc(Cn2ccnc2C)cc1)S(=O)O. The molecule has 0 bridgehead atoms. The number of carbonyl (C=O) groups is 1. The highest BCUT2D eigenvalue weighted by atomic mass is 32.2. The number of imidazole rings is 1. The average molecular weight is 462 g/mol. The molecular weight excluding hydrogens is 434 g/mol. The maximum Gasteiger partial charge on any atom is 0.428 e. The van der Waals surface area contributed by atoms with E-state index in [2.05, 4.69) is 23.4 Å². The summed E-state index contributed by atoms with van der Waals surface area (Å²) in [5.74, 6) is 1.35. The molecule has 0 radical (unpaired) electrons. The molecular formula is C22H27N3O4S2. The molecule has 1 atom stereocenters. The van der Waals surface area contributed by atoms with Gasteiger partial charge in [0.05, 0.1) is 7.11 Å². The Labute approximate surface area is 189 Å². The van der Waals surface area contributed by atoms with Gasteiger partial charge in [-0.3, -0.25) is 4.55 Å². The van der Waals surface area contributed by atoms with Crippen LogP contribution in [0.2, 0.25) is 0 Å². The smallest absolute Gasteiger partial charge is 0.428 e. The predicted octanol–water partition coefficient (Wildman–Crippen LogP) is 5.18. The highest BCUT2D eigenvalue weighted by molar-refractivity contribution is 7.82. The number of nitrogens with zero attached hydrogens (tertiary/aromatic N) is 3. The van der Waals surface area contributed by atoms with E-state index in [0.717, 1.165) is 43.7 Å². The van der Waals surface area contributed by atoms with Gasteiger partial charge in [0, 0.05) is 29.4 Å². The minimum absolute atomic E-state index is 0.407. The number of aromatic nitrogens is 2. The summed E-state index contributed by atoms with van der Waals surface area (Å²) in [5, 5.41) is 0.416. The van der Waals surface area contributed by atoms with Crippen LogP contribution in [-0.4, -0.2) is 31.5 Å². The molecule has 0 aliphatic heterocycles. The van der Waals surface area contributed by atoms with E-state index in [0.29, 0.717) is 17.5 Å². The number of aryl methyl sites for hydroxylation is 1. The van der Waals surface area contributed by atoms with Gasteiger partial charge in [0.25, 0.3) is 11.3 Å². The van der Waals surface area contributed by atoms with E-state index in [1.165, 1.54) is 18.4 Å². The zero-order valence-electron chi connectivity index (χ0n) is 18.3. The summed E-state index contributed by atoms with van der Waals surface area (Å²) >= 11 is -1.19. The molecule has 31 heavy (non-hydrogen) atoms. The average Bonchev–Trinajstić information content (AvgIpc) is 3.25. The molecule has 1 aromatic carbocycles. The zero-order chi connectivity index (χ0) is 22.7. The lowest BCUT2D eigenvalue weighted by Crippen LogP contribution is -2.32. The molecule has 9 heteroatoms. The van der Waals surface area contributed by atoms with Gasteiger partial charge in [-0.1, -0.05) is 38.1 Å². The molecule has 7 nitrogen and oxygen atoms in total. The van der Waals surface area contributed by atoms with Crippen molar-refractivity contribution in [2.75, 3.05) is 11.4 Å². The number of hydrogen-bond acceptors (Lipinski definition) is 5. The fourth-order valence-electron chi connectivity index (χ4n) is 3.44. The standard InChI is InChI=1S/C22H27N3O4S2/c1-14(2)12-19-15(3)20(21(30-19)25(31(27)28)22(26)29-5)18-8-6-17(7-9-18)13-24-11-10-23-16(24)4/h6-11,14H,12-13H2,1-5H3,(H,27,28). The molecule has 2 aromatic heterocycles. The van der Waals surface area contributed by atoms with Crippen LogP contribution in [0.1, 0.15) is 35.7 Å². The summed E-state index contributed by atoms with van der Waals surface area (Å²) in [6.07, 6.45) is 3.66. The lowest BCUT2D eigenvalue weighted by atomic mass is 9.99. The lowest BCUT2D eigenvalue weighted by molar-refractivity contribution is 0.183. The fraction of sp³-hybridized carbons (Fsp3) is 0.364. The van der Waals surface area contributed by atoms with Gasteiger partial charge in [-0.15, -0.1) is 11.3 Å². The summed E-state index contributed by atoms with van der Waals surface area (Å²) in [5.41, 5.74) is 3.77. The van der Waals surface area contributed by atoms with E-state index in [9.17, 15) is 13.6 Å². The number of amides is 1. The van der Waals surface area contributed by atoms with Crippen molar-refractivity contribution in [2.45, 2.75) is 40.7 Å². The summed E-state index contributed by atoms with van der Waals surface area (Å²) in [7, 11) is 1.20. The minimum Gasteiger partial charge on any atom is -0.452 e. The van der Waals surface area contributed by atoms with Gasteiger partial charge < -0.3 is 9.30 Å². The summed E-state index contributed by atoms with van der Waals surface area (Å²) in [6.45, 7) is 8.89. The van der Waals surface area contributed by atoms with E-state index in [4.69, 9.17) is 4.74 Å². The molecule has 1 unspecified atom stereocenters. The summed E-state index contributed by atoms with van der Waals surface area (Å²) < 4.78 is 29.5. The minimum atomic E-state index is -2.55. The quantitative estimate of drug-likeness (QED) is 0.490. The van der Waals surface area contributed by atoms with Gasteiger partial charge in [0.15, 0.2) is 0 Å². The number of anilines is 1. The van der Waals surface area contributed by atoms with Crippen LogP contribution >= 0.6 is 11.3 Å². The fourth-order valence-corrected chi connectivity index (χ4v) is 5.61. The Balaban J connectivity index is 2.06. The number of methoxy groups -OCH3 is 1. The first kappa shape index (κ1) is 23.2. The van der Waals surface area contributed by atoms with Crippen molar-refractivity contribution in [3.63, 3.8) is 0 Å². The molecule has 0 aliphatic rings. The van der Waals surface area contributed by atoms with E-state index in [1.54, 1.807) is 6.20 Å². The van der Waals surface area contributed by atoms with Crippen molar-refractivity contribution in [1.82, 2.24) is 9.55 Å². The van der Waals surface area contributed by atoms with Crippen LogP contribution in [0.25, 0.3) is 11.1 Å². The maximum absolute atomic E-state index is 12.3. The Hall–Kier alpha value is -2.49. The van der Waals surface area contributed by atoms with Gasteiger partial charge in [-0.25, -0.2) is 14.0 Å². The molecule has 0 saturated heterocycles. The number of rotatable bonds is 7. The Morgan fingerprint density at radius 1 is 1.29 bits per heavy atom. The van der Waals surface area contributed by atoms with E-state index >= 15 is 0 Å². The molecule has 3 aromatic rings. The van der Waals surface area contributed by atoms with Gasteiger partial charge >= 0.3 is 6.09 Å². The van der Waals surface area contributed by atoms with Crippen LogP contribution in [0.4, 0.5) is 9.80 Å². The lowest BCUT2D eigenvalue weighted by Gasteiger charge is -2.17. The third kappa shape index (κ3) is 5.06. The van der Waals surface area contributed by atoms with Crippen molar-refractivity contribution >= 4 is 33.7 Å². The van der Waals surface area contributed by atoms with Crippen LogP contribution in [0.3, 0.4) is 0 Å².